The molecule has 1 saturated heterocycles. The highest BCUT2D eigenvalue weighted by molar-refractivity contribution is 5.76. The zero-order valence-corrected chi connectivity index (χ0v) is 9.19. The summed E-state index contributed by atoms with van der Waals surface area (Å²) in [6.45, 7) is 2.62. The van der Waals surface area contributed by atoms with Crippen molar-refractivity contribution in [3.8, 4) is 0 Å². The van der Waals surface area contributed by atoms with E-state index in [1.54, 1.807) is 7.11 Å². The van der Waals surface area contributed by atoms with Crippen LogP contribution in [0.25, 0.3) is 0 Å². The first-order chi connectivity index (χ1) is 7.13. The van der Waals surface area contributed by atoms with Crippen molar-refractivity contribution in [2.75, 3.05) is 33.4 Å². The Hall–Kier alpha value is -0.650. The summed E-state index contributed by atoms with van der Waals surface area (Å²) in [4.78, 5) is 13.1. The molecule has 3 N–H and O–H groups in total. The van der Waals surface area contributed by atoms with Gasteiger partial charge in [-0.05, 0) is 25.9 Å². The smallest absolute Gasteiger partial charge is 0.220 e. The van der Waals surface area contributed by atoms with E-state index in [0.29, 0.717) is 13.2 Å². The summed E-state index contributed by atoms with van der Waals surface area (Å²) < 4.78 is 4.85. The average molecular weight is 216 g/mol. The summed E-state index contributed by atoms with van der Waals surface area (Å²) in [6, 6.07) is 0. The lowest BCUT2D eigenvalue weighted by Gasteiger charge is -2.31. The van der Waals surface area contributed by atoms with Crippen LogP contribution in [-0.2, 0) is 9.53 Å². The van der Waals surface area contributed by atoms with Crippen molar-refractivity contribution in [3.63, 3.8) is 0 Å². The number of hydrogen-bond donors (Lipinski definition) is 2. The molecule has 1 aliphatic rings. The lowest BCUT2D eigenvalue weighted by atomic mass is 9.96. The first kappa shape index (κ1) is 12.4. The number of rotatable bonds is 5. The monoisotopic (exact) mass is 216 g/mol. The fourth-order valence-electron chi connectivity index (χ4n) is 1.94. The highest BCUT2D eigenvalue weighted by Gasteiger charge is 2.23. The Kier molecular flexibility index (Phi) is 5.01. The number of likely N-dealkylation sites (tertiary alicyclic amines) is 1. The molecule has 0 aliphatic carbocycles. The molecule has 1 rings (SSSR count). The van der Waals surface area contributed by atoms with E-state index < -0.39 is 6.10 Å². The van der Waals surface area contributed by atoms with Gasteiger partial charge in [0.25, 0.3) is 0 Å². The van der Waals surface area contributed by atoms with Crippen LogP contribution >= 0.6 is 0 Å². The number of primary amides is 1. The summed E-state index contributed by atoms with van der Waals surface area (Å²) in [5.41, 5.74) is 5.23. The quantitative estimate of drug-likeness (QED) is 0.630. The zero-order valence-electron chi connectivity index (χ0n) is 9.19. The second-order valence-electron chi connectivity index (χ2n) is 4.09. The fraction of sp³-hybridized carbons (Fsp3) is 0.900. The maximum Gasteiger partial charge on any atom is 0.220 e. The van der Waals surface area contributed by atoms with Crippen molar-refractivity contribution >= 4 is 5.91 Å². The number of carbonyl (C=O) groups is 1. The van der Waals surface area contributed by atoms with Crippen LogP contribution in [0, 0.1) is 5.92 Å². The van der Waals surface area contributed by atoms with Crippen LogP contribution in [0.5, 0.6) is 0 Å². The van der Waals surface area contributed by atoms with E-state index in [1.807, 2.05) is 0 Å². The van der Waals surface area contributed by atoms with Crippen molar-refractivity contribution in [1.82, 2.24) is 4.90 Å². The van der Waals surface area contributed by atoms with Gasteiger partial charge in [-0.3, -0.25) is 4.79 Å². The largest absolute Gasteiger partial charge is 0.389 e. The number of carbonyl (C=O) groups excluding carboxylic acids is 1. The number of aliphatic hydroxyl groups excluding tert-OH is 1. The highest BCUT2D eigenvalue weighted by Crippen LogP contribution is 2.16. The summed E-state index contributed by atoms with van der Waals surface area (Å²) in [7, 11) is 1.57. The summed E-state index contributed by atoms with van der Waals surface area (Å²) in [5.74, 6) is -0.187. The second-order valence-corrected chi connectivity index (χ2v) is 4.09. The summed E-state index contributed by atoms with van der Waals surface area (Å²) >= 11 is 0. The van der Waals surface area contributed by atoms with Crippen molar-refractivity contribution in [2.45, 2.75) is 18.9 Å². The van der Waals surface area contributed by atoms with Gasteiger partial charge in [-0.2, -0.15) is 0 Å². The molecule has 0 aromatic carbocycles. The van der Waals surface area contributed by atoms with Gasteiger partial charge < -0.3 is 20.5 Å². The minimum atomic E-state index is -0.444. The molecule has 1 atom stereocenters. The van der Waals surface area contributed by atoms with Crippen molar-refractivity contribution in [1.29, 1.82) is 0 Å². The van der Waals surface area contributed by atoms with Gasteiger partial charge in [0.15, 0.2) is 0 Å². The third-order valence-electron chi connectivity index (χ3n) is 2.82. The molecular formula is C10H20N2O3. The maximum atomic E-state index is 10.9. The topological polar surface area (TPSA) is 75.8 Å². The Morgan fingerprint density at radius 1 is 1.60 bits per heavy atom. The number of piperidine rings is 1. The van der Waals surface area contributed by atoms with Crippen molar-refractivity contribution in [3.05, 3.63) is 0 Å². The van der Waals surface area contributed by atoms with Crippen LogP contribution in [0.2, 0.25) is 0 Å². The molecular weight excluding hydrogens is 196 g/mol. The van der Waals surface area contributed by atoms with Crippen LogP contribution in [-0.4, -0.2) is 55.4 Å². The number of ether oxygens (including phenoxy) is 1. The molecule has 88 valence electrons. The van der Waals surface area contributed by atoms with E-state index in [-0.39, 0.29) is 11.8 Å². The number of methoxy groups -OCH3 is 1. The predicted molar refractivity (Wildman–Crippen MR) is 56.2 cm³/mol. The molecule has 0 radical (unpaired) electrons. The van der Waals surface area contributed by atoms with Gasteiger partial charge in [0.1, 0.15) is 0 Å². The minimum Gasteiger partial charge on any atom is -0.389 e. The molecule has 1 fully saturated rings. The number of aliphatic hydroxyl groups is 1. The Morgan fingerprint density at radius 3 is 2.67 bits per heavy atom. The summed E-state index contributed by atoms with van der Waals surface area (Å²) in [6.07, 6.45) is 1.16. The van der Waals surface area contributed by atoms with Crippen molar-refractivity contribution < 1.29 is 14.6 Å². The Balaban J connectivity index is 2.22. The molecule has 1 amide bonds. The SMILES string of the molecule is COCC(O)CN1CCC(C(N)=O)CC1. The Labute approximate surface area is 90.2 Å². The zero-order chi connectivity index (χ0) is 11.3. The van der Waals surface area contributed by atoms with Gasteiger partial charge in [-0.15, -0.1) is 0 Å². The van der Waals surface area contributed by atoms with E-state index in [1.165, 1.54) is 0 Å². The lowest BCUT2D eigenvalue weighted by Crippen LogP contribution is -2.42. The third kappa shape index (κ3) is 4.15. The molecule has 15 heavy (non-hydrogen) atoms. The average Bonchev–Trinajstić information content (AvgIpc) is 2.18. The van der Waals surface area contributed by atoms with Crippen LogP contribution in [0.1, 0.15) is 12.8 Å². The second kappa shape index (κ2) is 6.05. The van der Waals surface area contributed by atoms with Crippen molar-refractivity contribution in [2.24, 2.45) is 11.7 Å². The normalized spacial score (nSPS) is 21.5. The molecule has 1 aliphatic heterocycles. The lowest BCUT2D eigenvalue weighted by molar-refractivity contribution is -0.123. The highest BCUT2D eigenvalue weighted by atomic mass is 16.5. The molecule has 1 heterocycles. The molecule has 0 saturated carbocycles. The van der Waals surface area contributed by atoms with Gasteiger partial charge in [-0.1, -0.05) is 0 Å². The van der Waals surface area contributed by atoms with E-state index in [0.717, 1.165) is 25.9 Å². The van der Waals surface area contributed by atoms with E-state index in [9.17, 15) is 9.90 Å². The number of β-amino-alcohol motifs (C(OH)–C–C–N with tert-alkyl or cyclic N) is 1. The first-order valence-corrected chi connectivity index (χ1v) is 5.32. The van der Waals surface area contributed by atoms with Crippen LogP contribution in [0.4, 0.5) is 0 Å². The molecule has 5 heteroatoms. The van der Waals surface area contributed by atoms with Gasteiger partial charge in [0, 0.05) is 19.6 Å². The minimum absolute atomic E-state index is 0.0146. The van der Waals surface area contributed by atoms with Gasteiger partial charge in [0.2, 0.25) is 5.91 Å². The first-order valence-electron chi connectivity index (χ1n) is 5.32. The number of hydrogen-bond acceptors (Lipinski definition) is 4. The van der Waals surface area contributed by atoms with E-state index >= 15 is 0 Å². The molecule has 0 aromatic heterocycles. The Bertz CT molecular complexity index is 203. The van der Waals surface area contributed by atoms with Gasteiger partial charge in [-0.25, -0.2) is 0 Å². The number of nitrogens with two attached hydrogens (primary N) is 1. The van der Waals surface area contributed by atoms with Crippen LogP contribution < -0.4 is 5.73 Å². The van der Waals surface area contributed by atoms with Gasteiger partial charge >= 0.3 is 0 Å². The molecule has 0 bridgehead atoms. The Morgan fingerprint density at radius 2 is 2.20 bits per heavy atom. The van der Waals surface area contributed by atoms with E-state index in [4.69, 9.17) is 10.5 Å². The molecule has 0 aromatic rings. The molecule has 5 nitrogen and oxygen atoms in total. The van der Waals surface area contributed by atoms with Gasteiger partial charge in [0.05, 0.1) is 12.7 Å². The number of amides is 1. The fourth-order valence-corrected chi connectivity index (χ4v) is 1.94. The number of nitrogens with zero attached hydrogens (tertiary/aromatic N) is 1. The standard InChI is InChI=1S/C10H20N2O3/c1-15-7-9(13)6-12-4-2-8(3-5-12)10(11)14/h8-9,13H,2-7H2,1H3,(H2,11,14). The predicted octanol–water partition coefficient (Wildman–Crippen LogP) is -0.809. The van der Waals surface area contributed by atoms with Crippen LogP contribution in [0.3, 0.4) is 0 Å². The molecule has 0 spiro atoms. The van der Waals surface area contributed by atoms with E-state index in [2.05, 4.69) is 4.90 Å². The third-order valence-corrected chi connectivity index (χ3v) is 2.82. The molecule has 1 unspecified atom stereocenters. The maximum absolute atomic E-state index is 10.9. The summed E-state index contributed by atoms with van der Waals surface area (Å²) in [5, 5.41) is 9.52. The van der Waals surface area contributed by atoms with Crippen LogP contribution in [0.15, 0.2) is 0 Å².